The number of benzene rings is 3. The summed E-state index contributed by atoms with van der Waals surface area (Å²) in [6.45, 7) is 4.04. The van der Waals surface area contributed by atoms with Crippen molar-refractivity contribution in [3.63, 3.8) is 0 Å². The summed E-state index contributed by atoms with van der Waals surface area (Å²) in [7, 11) is 0. The zero-order chi connectivity index (χ0) is 21.5. The first-order valence-corrected chi connectivity index (χ1v) is 10.5. The highest BCUT2D eigenvalue weighted by molar-refractivity contribution is 9.10. The quantitative estimate of drug-likeness (QED) is 0.347. The molecule has 2 aromatic heterocycles. The Bertz CT molecular complexity index is 1490. The molecule has 0 aliphatic heterocycles. The molecule has 2 heterocycles. The van der Waals surface area contributed by atoms with Gasteiger partial charge >= 0.3 is 0 Å². The van der Waals surface area contributed by atoms with Crippen molar-refractivity contribution in [2.45, 2.75) is 13.8 Å². The molecule has 0 fully saturated rings. The van der Waals surface area contributed by atoms with Gasteiger partial charge in [-0.1, -0.05) is 45.4 Å². The molecule has 31 heavy (non-hydrogen) atoms. The van der Waals surface area contributed by atoms with Crippen LogP contribution in [0.25, 0.3) is 39.4 Å². The molecule has 0 N–H and O–H groups in total. The highest BCUT2D eigenvalue weighted by atomic mass is 79.9. The molecule has 0 radical (unpaired) electrons. The second-order valence-electron chi connectivity index (χ2n) is 7.31. The highest BCUT2D eigenvalue weighted by Crippen LogP contribution is 2.27. The lowest BCUT2D eigenvalue weighted by molar-refractivity contribution is 0.430. The van der Waals surface area contributed by atoms with E-state index in [4.69, 9.17) is 4.52 Å². The zero-order valence-electron chi connectivity index (χ0n) is 16.8. The van der Waals surface area contributed by atoms with Crippen LogP contribution in [-0.4, -0.2) is 19.9 Å². The molecule has 3 aromatic carbocycles. The van der Waals surface area contributed by atoms with Gasteiger partial charge in [0.05, 0.1) is 11.1 Å². The van der Waals surface area contributed by atoms with Crippen LogP contribution in [0.4, 0.5) is 0 Å². The predicted molar refractivity (Wildman–Crippen MR) is 123 cm³/mol. The van der Waals surface area contributed by atoms with E-state index in [1.807, 2.05) is 74.5 Å². The van der Waals surface area contributed by atoms with E-state index in [1.165, 1.54) is 4.68 Å². The Morgan fingerprint density at radius 3 is 2.39 bits per heavy atom. The molecule has 5 aromatic rings. The molecular weight excluding hydrogens is 456 g/mol. The average Bonchev–Trinajstić information content (AvgIpc) is 3.27. The molecule has 0 saturated carbocycles. The fraction of sp³-hybridized carbons (Fsp3) is 0.0833. The summed E-state index contributed by atoms with van der Waals surface area (Å²) in [5.74, 6) is 0.712. The Balaban J connectivity index is 1.72. The Morgan fingerprint density at radius 1 is 0.903 bits per heavy atom. The van der Waals surface area contributed by atoms with E-state index in [1.54, 1.807) is 6.07 Å². The Labute approximate surface area is 186 Å². The number of rotatable bonds is 3. The van der Waals surface area contributed by atoms with E-state index < -0.39 is 0 Å². The molecule has 0 spiro atoms. The normalized spacial score (nSPS) is 11.2. The van der Waals surface area contributed by atoms with Crippen molar-refractivity contribution in [3.8, 4) is 28.7 Å². The first kappa shape index (κ1) is 19.4. The summed E-state index contributed by atoms with van der Waals surface area (Å²) in [5, 5.41) is 9.96. The number of halogens is 1. The van der Waals surface area contributed by atoms with Crippen molar-refractivity contribution < 1.29 is 4.52 Å². The van der Waals surface area contributed by atoms with Crippen molar-refractivity contribution in [1.29, 1.82) is 0 Å². The second-order valence-corrected chi connectivity index (χ2v) is 8.23. The second kappa shape index (κ2) is 7.59. The van der Waals surface area contributed by atoms with Crippen LogP contribution < -0.4 is 5.56 Å². The van der Waals surface area contributed by atoms with Gasteiger partial charge in [0.15, 0.2) is 5.69 Å². The number of hydrogen-bond acceptors (Lipinski definition) is 5. The van der Waals surface area contributed by atoms with Crippen LogP contribution in [0.5, 0.6) is 0 Å². The maximum atomic E-state index is 13.2. The molecule has 0 amide bonds. The van der Waals surface area contributed by atoms with Crippen molar-refractivity contribution in [3.05, 3.63) is 92.7 Å². The minimum Gasteiger partial charge on any atom is -0.332 e. The van der Waals surface area contributed by atoms with Crippen LogP contribution >= 0.6 is 15.9 Å². The number of hydrogen-bond donors (Lipinski definition) is 0. The smallest absolute Gasteiger partial charge is 0.279 e. The molecule has 0 unspecified atom stereocenters. The number of nitrogens with zero attached hydrogens (tertiary/aromatic N) is 4. The molecule has 0 atom stereocenters. The summed E-state index contributed by atoms with van der Waals surface area (Å²) in [5.41, 5.74) is 4.00. The summed E-state index contributed by atoms with van der Waals surface area (Å²) < 4.78 is 7.93. The minimum absolute atomic E-state index is 0.199. The van der Waals surface area contributed by atoms with Gasteiger partial charge in [-0.25, -0.2) is 0 Å². The van der Waals surface area contributed by atoms with Crippen molar-refractivity contribution >= 4 is 26.7 Å². The first-order chi connectivity index (χ1) is 15.0. The fourth-order valence-electron chi connectivity index (χ4n) is 3.42. The molecule has 152 valence electrons. The van der Waals surface area contributed by atoms with E-state index in [-0.39, 0.29) is 11.4 Å². The van der Waals surface area contributed by atoms with E-state index in [0.29, 0.717) is 28.0 Å². The summed E-state index contributed by atoms with van der Waals surface area (Å²) >= 11 is 3.43. The summed E-state index contributed by atoms with van der Waals surface area (Å²) in [4.78, 5) is 17.8. The molecular formula is C24H17BrN4O2. The lowest BCUT2D eigenvalue weighted by Crippen LogP contribution is -2.22. The first-order valence-electron chi connectivity index (χ1n) is 9.71. The predicted octanol–water partition coefficient (Wildman–Crippen LogP) is 5.48. The van der Waals surface area contributed by atoms with Gasteiger partial charge in [0.2, 0.25) is 5.82 Å². The van der Waals surface area contributed by atoms with E-state index in [9.17, 15) is 4.79 Å². The van der Waals surface area contributed by atoms with Gasteiger partial charge in [-0.15, -0.1) is 0 Å². The maximum Gasteiger partial charge on any atom is 0.279 e. The van der Waals surface area contributed by atoms with Gasteiger partial charge < -0.3 is 4.52 Å². The van der Waals surface area contributed by atoms with Gasteiger partial charge in [-0.05, 0) is 67.4 Å². The lowest BCUT2D eigenvalue weighted by atomic mass is 10.1. The zero-order valence-corrected chi connectivity index (χ0v) is 18.4. The van der Waals surface area contributed by atoms with Crippen LogP contribution in [0.1, 0.15) is 11.1 Å². The summed E-state index contributed by atoms with van der Waals surface area (Å²) in [6.07, 6.45) is 0. The number of aromatic nitrogens is 4. The third kappa shape index (κ3) is 3.47. The Hall–Kier alpha value is -3.58. The summed E-state index contributed by atoms with van der Waals surface area (Å²) in [6, 6.07) is 20.8. The topological polar surface area (TPSA) is 73.8 Å². The van der Waals surface area contributed by atoms with Crippen LogP contribution in [0.2, 0.25) is 0 Å². The molecule has 6 nitrogen and oxygen atoms in total. The largest absolute Gasteiger partial charge is 0.332 e. The molecule has 0 aliphatic carbocycles. The van der Waals surface area contributed by atoms with Crippen molar-refractivity contribution in [2.75, 3.05) is 0 Å². The van der Waals surface area contributed by atoms with Crippen LogP contribution in [0.3, 0.4) is 0 Å². The molecule has 5 rings (SSSR count). The molecule has 7 heteroatoms. The lowest BCUT2D eigenvalue weighted by Gasteiger charge is -2.10. The van der Waals surface area contributed by atoms with Crippen LogP contribution in [0.15, 0.2) is 80.5 Å². The number of aryl methyl sites for hydroxylation is 2. The maximum absolute atomic E-state index is 13.2. The van der Waals surface area contributed by atoms with Gasteiger partial charge in [0.1, 0.15) is 0 Å². The third-order valence-electron chi connectivity index (χ3n) is 5.27. The van der Waals surface area contributed by atoms with Crippen molar-refractivity contribution in [1.82, 2.24) is 19.9 Å². The van der Waals surface area contributed by atoms with E-state index >= 15 is 0 Å². The monoisotopic (exact) mass is 472 g/mol. The average molecular weight is 473 g/mol. The third-order valence-corrected chi connectivity index (χ3v) is 5.80. The Morgan fingerprint density at radius 2 is 1.65 bits per heavy atom. The standard InChI is InChI=1S/C24H17BrN4O2/c1-14-7-12-18(13-15(14)2)29-24(30)20-6-4-3-5-19(20)21(27-29)23-26-22(28-31-23)16-8-10-17(25)11-9-16/h3-13H,1-2H3. The number of fused-ring (bicyclic) bond motifs is 1. The molecule has 0 bridgehead atoms. The fourth-order valence-corrected chi connectivity index (χ4v) is 3.68. The molecule has 0 saturated heterocycles. The SMILES string of the molecule is Cc1ccc(-n2nc(-c3nc(-c4ccc(Br)cc4)no3)c3ccccc3c2=O)cc1C. The van der Waals surface area contributed by atoms with Gasteiger partial charge in [0, 0.05) is 15.4 Å². The van der Waals surface area contributed by atoms with Gasteiger partial charge in [-0.3, -0.25) is 4.79 Å². The van der Waals surface area contributed by atoms with E-state index in [0.717, 1.165) is 21.2 Å². The van der Waals surface area contributed by atoms with Crippen molar-refractivity contribution in [2.24, 2.45) is 0 Å². The Kier molecular flexibility index (Phi) is 4.75. The highest BCUT2D eigenvalue weighted by Gasteiger charge is 2.19. The van der Waals surface area contributed by atoms with Crippen LogP contribution in [0, 0.1) is 13.8 Å². The molecule has 0 aliphatic rings. The van der Waals surface area contributed by atoms with Gasteiger partial charge in [-0.2, -0.15) is 14.8 Å². The minimum atomic E-state index is -0.199. The van der Waals surface area contributed by atoms with E-state index in [2.05, 4.69) is 31.2 Å². The van der Waals surface area contributed by atoms with Gasteiger partial charge in [0.25, 0.3) is 11.4 Å². The van der Waals surface area contributed by atoms with Crippen LogP contribution in [-0.2, 0) is 0 Å².